The maximum Gasteiger partial charge on any atom is 0.416 e. The highest BCUT2D eigenvalue weighted by molar-refractivity contribution is 8.00. The van der Waals surface area contributed by atoms with Crippen LogP contribution in [0, 0.1) is 10.1 Å². The summed E-state index contributed by atoms with van der Waals surface area (Å²) in [4.78, 5) is 19.8. The van der Waals surface area contributed by atoms with Gasteiger partial charge in [0.2, 0.25) is 0 Å². The van der Waals surface area contributed by atoms with Gasteiger partial charge in [0.15, 0.2) is 0 Å². The lowest BCUT2D eigenvalue weighted by atomic mass is 10.2. The molecule has 5 nitrogen and oxygen atoms in total. The second-order valence-corrected chi connectivity index (χ2v) is 4.14. The third kappa shape index (κ3) is 3.62. The predicted molar refractivity (Wildman–Crippen MR) is 56.5 cm³/mol. The number of hydrogen-bond donors (Lipinski definition) is 1. The smallest absolute Gasteiger partial charge is 0.416 e. The number of carbonyl (C=O) groups is 1. The van der Waals surface area contributed by atoms with E-state index in [9.17, 15) is 28.1 Å². The van der Waals surface area contributed by atoms with E-state index in [1.807, 2.05) is 0 Å². The summed E-state index contributed by atoms with van der Waals surface area (Å²) in [6, 6.07) is 1.97. The maximum absolute atomic E-state index is 12.4. The van der Waals surface area contributed by atoms with Crippen LogP contribution in [0.1, 0.15) is 5.56 Å². The van der Waals surface area contributed by atoms with Crippen LogP contribution in [0.5, 0.6) is 0 Å². The van der Waals surface area contributed by atoms with Crippen LogP contribution in [0.25, 0.3) is 0 Å². The lowest BCUT2D eigenvalue weighted by Gasteiger charge is -2.07. The van der Waals surface area contributed by atoms with Crippen LogP contribution in [-0.4, -0.2) is 21.8 Å². The van der Waals surface area contributed by atoms with Gasteiger partial charge in [0, 0.05) is 6.07 Å². The monoisotopic (exact) mass is 281 g/mol. The van der Waals surface area contributed by atoms with Crippen LogP contribution in [-0.2, 0) is 11.0 Å². The molecule has 0 bridgehead atoms. The summed E-state index contributed by atoms with van der Waals surface area (Å²) in [5.74, 6) is -1.68. The summed E-state index contributed by atoms with van der Waals surface area (Å²) in [6.45, 7) is 0. The zero-order valence-corrected chi connectivity index (χ0v) is 9.42. The minimum absolute atomic E-state index is 0.115. The van der Waals surface area contributed by atoms with E-state index in [0.29, 0.717) is 23.9 Å². The summed E-state index contributed by atoms with van der Waals surface area (Å²) in [6.07, 6.45) is -4.68. The highest BCUT2D eigenvalue weighted by Gasteiger charge is 2.33. The average molecular weight is 281 g/mol. The predicted octanol–water partition coefficient (Wildman–Crippen LogP) is 2.79. The van der Waals surface area contributed by atoms with E-state index in [-0.39, 0.29) is 4.90 Å². The van der Waals surface area contributed by atoms with Crippen molar-refractivity contribution in [2.45, 2.75) is 11.1 Å². The number of hydrogen-bond acceptors (Lipinski definition) is 4. The number of halogens is 3. The molecule has 0 aromatic heterocycles. The number of nitro benzene ring substituents is 1. The fourth-order valence-electron chi connectivity index (χ4n) is 1.10. The largest absolute Gasteiger partial charge is 0.481 e. The van der Waals surface area contributed by atoms with Crippen molar-refractivity contribution in [2.24, 2.45) is 0 Å². The van der Waals surface area contributed by atoms with Crippen LogP contribution in [0.15, 0.2) is 23.1 Å². The van der Waals surface area contributed by atoms with Crippen LogP contribution >= 0.6 is 11.8 Å². The summed E-state index contributed by atoms with van der Waals surface area (Å²) < 4.78 is 37.1. The first-order valence-electron chi connectivity index (χ1n) is 4.42. The molecule has 1 aromatic carbocycles. The summed E-state index contributed by atoms with van der Waals surface area (Å²) in [7, 11) is 0. The summed E-state index contributed by atoms with van der Waals surface area (Å²) >= 11 is 0.594. The topological polar surface area (TPSA) is 80.4 Å². The zero-order valence-electron chi connectivity index (χ0n) is 8.60. The first-order valence-corrected chi connectivity index (χ1v) is 5.40. The van der Waals surface area contributed by atoms with E-state index < -0.39 is 34.1 Å². The number of carboxylic acids is 1. The van der Waals surface area contributed by atoms with Crippen molar-refractivity contribution in [2.75, 3.05) is 5.75 Å². The number of aliphatic carboxylic acids is 1. The standard InChI is InChI=1S/C9H6F3NO4S/c10-9(11,12)5-1-2-7(18-4-8(14)15)6(3-5)13(16)17/h1-3H,4H2,(H,14,15). The molecule has 0 aliphatic carbocycles. The molecule has 1 N–H and O–H groups in total. The van der Waals surface area contributed by atoms with E-state index in [4.69, 9.17) is 5.11 Å². The minimum atomic E-state index is -4.68. The molecular formula is C9H6F3NO4S. The molecule has 0 amide bonds. The molecular weight excluding hydrogens is 275 g/mol. The third-order valence-corrected chi connectivity index (χ3v) is 2.88. The number of benzene rings is 1. The van der Waals surface area contributed by atoms with Gasteiger partial charge in [0.1, 0.15) is 0 Å². The number of nitrogens with zero attached hydrogens (tertiary/aromatic N) is 1. The quantitative estimate of drug-likeness (QED) is 0.521. The molecule has 0 atom stereocenters. The van der Waals surface area contributed by atoms with E-state index in [2.05, 4.69) is 0 Å². The van der Waals surface area contributed by atoms with Gasteiger partial charge in [-0.1, -0.05) is 0 Å². The van der Waals surface area contributed by atoms with Crippen molar-refractivity contribution < 1.29 is 28.0 Å². The Morgan fingerprint density at radius 1 is 1.44 bits per heavy atom. The lowest BCUT2D eigenvalue weighted by molar-refractivity contribution is -0.388. The van der Waals surface area contributed by atoms with Crippen molar-refractivity contribution in [3.05, 3.63) is 33.9 Å². The fourth-order valence-corrected chi connectivity index (χ4v) is 1.82. The molecule has 1 aromatic rings. The van der Waals surface area contributed by atoms with E-state index >= 15 is 0 Å². The molecule has 0 fully saturated rings. The number of nitro groups is 1. The van der Waals surface area contributed by atoms with Crippen molar-refractivity contribution >= 4 is 23.4 Å². The average Bonchev–Trinajstić information content (AvgIpc) is 2.24. The fraction of sp³-hybridized carbons (Fsp3) is 0.222. The second-order valence-electron chi connectivity index (χ2n) is 3.12. The first-order chi connectivity index (χ1) is 8.21. The Morgan fingerprint density at radius 3 is 2.50 bits per heavy atom. The van der Waals surface area contributed by atoms with Gasteiger partial charge in [-0.2, -0.15) is 13.2 Å². The Morgan fingerprint density at radius 2 is 2.06 bits per heavy atom. The van der Waals surface area contributed by atoms with Gasteiger partial charge >= 0.3 is 12.1 Å². The van der Waals surface area contributed by atoms with Crippen LogP contribution in [0.4, 0.5) is 18.9 Å². The molecule has 0 saturated carbocycles. The molecule has 0 heterocycles. The van der Waals surface area contributed by atoms with E-state index in [0.717, 1.165) is 6.07 Å². The van der Waals surface area contributed by atoms with Crippen molar-refractivity contribution in [3.63, 3.8) is 0 Å². The molecule has 18 heavy (non-hydrogen) atoms. The van der Waals surface area contributed by atoms with Gasteiger partial charge in [-0.15, -0.1) is 11.8 Å². The van der Waals surface area contributed by atoms with Gasteiger partial charge in [0.05, 0.1) is 21.1 Å². The summed E-state index contributed by atoms with van der Waals surface area (Å²) in [5.41, 5.74) is -1.90. The molecule has 9 heteroatoms. The number of thioether (sulfide) groups is 1. The highest BCUT2D eigenvalue weighted by Crippen LogP contribution is 2.36. The molecule has 0 radical (unpaired) electrons. The molecule has 1 rings (SSSR count). The maximum atomic E-state index is 12.4. The van der Waals surface area contributed by atoms with Crippen molar-refractivity contribution in [1.29, 1.82) is 0 Å². The molecule has 0 saturated heterocycles. The lowest BCUT2D eigenvalue weighted by Crippen LogP contribution is -2.06. The Hall–Kier alpha value is -1.77. The van der Waals surface area contributed by atoms with Crippen molar-refractivity contribution in [3.8, 4) is 0 Å². The number of carboxylic acid groups (broad SMARTS) is 1. The summed E-state index contributed by atoms with van der Waals surface area (Å²) in [5, 5.41) is 19.0. The normalized spacial score (nSPS) is 11.3. The van der Waals surface area contributed by atoms with Gasteiger partial charge in [-0.3, -0.25) is 14.9 Å². The molecule has 0 spiro atoms. The van der Waals surface area contributed by atoms with E-state index in [1.54, 1.807) is 0 Å². The Bertz CT molecular complexity index is 489. The Balaban J connectivity index is 3.13. The van der Waals surface area contributed by atoms with Gasteiger partial charge in [-0.05, 0) is 12.1 Å². The molecule has 98 valence electrons. The Labute approximate surface area is 103 Å². The Kier molecular flexibility index (Phi) is 4.17. The van der Waals surface area contributed by atoms with Crippen LogP contribution < -0.4 is 0 Å². The van der Waals surface area contributed by atoms with Gasteiger partial charge in [-0.25, -0.2) is 0 Å². The van der Waals surface area contributed by atoms with Gasteiger partial charge in [0.25, 0.3) is 5.69 Å². The number of rotatable bonds is 4. The highest BCUT2D eigenvalue weighted by atomic mass is 32.2. The zero-order chi connectivity index (χ0) is 13.9. The molecule has 0 unspecified atom stereocenters. The van der Waals surface area contributed by atoms with E-state index in [1.165, 1.54) is 0 Å². The third-order valence-electron chi connectivity index (χ3n) is 1.83. The van der Waals surface area contributed by atoms with Crippen LogP contribution in [0.3, 0.4) is 0 Å². The van der Waals surface area contributed by atoms with Crippen LogP contribution in [0.2, 0.25) is 0 Å². The SMILES string of the molecule is O=C(O)CSc1ccc(C(F)(F)F)cc1[N+](=O)[O-]. The van der Waals surface area contributed by atoms with Gasteiger partial charge < -0.3 is 5.11 Å². The minimum Gasteiger partial charge on any atom is -0.481 e. The first kappa shape index (κ1) is 14.3. The second kappa shape index (κ2) is 5.25. The van der Waals surface area contributed by atoms with Crippen molar-refractivity contribution in [1.82, 2.24) is 0 Å². The molecule has 0 aliphatic rings. The number of alkyl halides is 3. The molecule has 0 aliphatic heterocycles.